The topological polar surface area (TPSA) is 64.0 Å². The van der Waals surface area contributed by atoms with Gasteiger partial charge in [0.15, 0.2) is 5.43 Å². The minimum Gasteiger partial charge on any atom is -0.340 e. The van der Waals surface area contributed by atoms with Crippen LogP contribution in [0.25, 0.3) is 11.3 Å². The molecule has 0 atom stereocenters. The molecule has 6 heteroatoms. The second-order valence-electron chi connectivity index (χ2n) is 7.14. The number of para-hydroxylation sites is 1. The monoisotopic (exact) mass is 429 g/mol. The number of aromatic nitrogens is 2. The van der Waals surface area contributed by atoms with Gasteiger partial charge in [-0.1, -0.05) is 41.9 Å². The number of carbonyl (C=O) groups excluding carboxylic acids is 1. The molecule has 2 heterocycles. The van der Waals surface area contributed by atoms with Crippen LogP contribution in [0.5, 0.6) is 0 Å². The molecule has 0 aliphatic rings. The summed E-state index contributed by atoms with van der Waals surface area (Å²) in [6.07, 6.45) is 3.29. The van der Waals surface area contributed by atoms with Crippen molar-refractivity contribution < 1.29 is 4.79 Å². The van der Waals surface area contributed by atoms with Crippen molar-refractivity contribution in [2.45, 2.75) is 13.5 Å². The van der Waals surface area contributed by atoms with Gasteiger partial charge in [-0.2, -0.15) is 0 Å². The van der Waals surface area contributed by atoms with Crippen molar-refractivity contribution in [1.29, 1.82) is 0 Å². The zero-order valence-corrected chi connectivity index (χ0v) is 17.6. The fraction of sp³-hybridized carbons (Fsp3) is 0.0800. The van der Waals surface area contributed by atoms with E-state index in [0.717, 1.165) is 16.8 Å². The SMILES string of the molecule is Cc1cc(=O)c(C(=O)Nc2ccccc2)c(-c2ccncc2)n1Cc1ccc(Cl)cc1. The molecule has 154 valence electrons. The largest absolute Gasteiger partial charge is 0.340 e. The van der Waals surface area contributed by atoms with Crippen LogP contribution >= 0.6 is 11.6 Å². The summed E-state index contributed by atoms with van der Waals surface area (Å²) in [6, 6.07) is 21.7. The minimum absolute atomic E-state index is 0.0922. The summed E-state index contributed by atoms with van der Waals surface area (Å²) in [5.74, 6) is -0.451. The maximum Gasteiger partial charge on any atom is 0.261 e. The number of pyridine rings is 2. The Balaban J connectivity index is 1.88. The Morgan fingerprint density at radius 2 is 1.68 bits per heavy atom. The Morgan fingerprint density at radius 1 is 1.00 bits per heavy atom. The standard InChI is InChI=1S/C25H20ClN3O2/c1-17-15-22(30)23(25(31)28-21-5-3-2-4-6-21)24(19-11-13-27-14-12-19)29(17)16-18-7-9-20(26)10-8-18/h2-15H,16H2,1H3,(H,28,31). The lowest BCUT2D eigenvalue weighted by Crippen LogP contribution is -2.27. The molecule has 5 nitrogen and oxygen atoms in total. The van der Waals surface area contributed by atoms with Crippen LogP contribution in [0.4, 0.5) is 5.69 Å². The molecule has 0 aliphatic heterocycles. The molecule has 0 aliphatic carbocycles. The lowest BCUT2D eigenvalue weighted by molar-refractivity contribution is 0.102. The van der Waals surface area contributed by atoms with E-state index < -0.39 is 5.91 Å². The number of rotatable bonds is 5. The Hall–Kier alpha value is -3.70. The van der Waals surface area contributed by atoms with Gasteiger partial charge in [0.05, 0.1) is 5.69 Å². The van der Waals surface area contributed by atoms with E-state index in [2.05, 4.69) is 10.3 Å². The number of benzene rings is 2. The molecule has 0 bridgehead atoms. The lowest BCUT2D eigenvalue weighted by Gasteiger charge is -2.20. The van der Waals surface area contributed by atoms with Gasteiger partial charge in [0.1, 0.15) is 5.56 Å². The first-order valence-corrected chi connectivity index (χ1v) is 10.2. The Kier molecular flexibility index (Phi) is 5.96. The Labute approximate surface area is 185 Å². The molecule has 4 aromatic rings. The van der Waals surface area contributed by atoms with Crippen LogP contribution in [-0.4, -0.2) is 15.5 Å². The molecule has 1 amide bonds. The predicted molar refractivity (Wildman–Crippen MR) is 124 cm³/mol. The number of anilines is 1. The van der Waals surface area contributed by atoms with Crippen LogP contribution < -0.4 is 10.7 Å². The smallest absolute Gasteiger partial charge is 0.261 e. The normalized spacial score (nSPS) is 10.6. The molecule has 0 saturated carbocycles. The van der Waals surface area contributed by atoms with E-state index in [0.29, 0.717) is 22.9 Å². The molecule has 31 heavy (non-hydrogen) atoms. The third-order valence-electron chi connectivity index (χ3n) is 4.99. The fourth-order valence-electron chi connectivity index (χ4n) is 3.49. The third kappa shape index (κ3) is 4.57. The maximum absolute atomic E-state index is 13.2. The molecule has 0 fully saturated rings. The van der Waals surface area contributed by atoms with Crippen LogP contribution in [0.3, 0.4) is 0 Å². The number of halogens is 1. The lowest BCUT2D eigenvalue weighted by atomic mass is 10.0. The van der Waals surface area contributed by atoms with E-state index in [4.69, 9.17) is 11.6 Å². The number of aryl methyl sites for hydroxylation is 1. The number of nitrogens with zero attached hydrogens (tertiary/aromatic N) is 2. The highest BCUT2D eigenvalue weighted by Crippen LogP contribution is 2.25. The highest BCUT2D eigenvalue weighted by Gasteiger charge is 2.22. The summed E-state index contributed by atoms with van der Waals surface area (Å²) in [4.78, 5) is 30.3. The molecular weight excluding hydrogens is 410 g/mol. The molecule has 0 saturated heterocycles. The summed E-state index contributed by atoms with van der Waals surface area (Å²) in [5.41, 5.74) is 3.43. The first kappa shape index (κ1) is 20.6. The van der Waals surface area contributed by atoms with Crippen molar-refractivity contribution in [3.05, 3.63) is 117 Å². The van der Waals surface area contributed by atoms with Gasteiger partial charge in [-0.3, -0.25) is 14.6 Å². The van der Waals surface area contributed by atoms with E-state index >= 15 is 0 Å². The van der Waals surface area contributed by atoms with Gasteiger partial charge >= 0.3 is 0 Å². The number of nitrogens with one attached hydrogen (secondary N) is 1. The second kappa shape index (κ2) is 8.98. The van der Waals surface area contributed by atoms with Gasteiger partial charge in [0, 0.05) is 47.0 Å². The van der Waals surface area contributed by atoms with Crippen LogP contribution in [0.15, 0.2) is 90.0 Å². The van der Waals surface area contributed by atoms with Crippen LogP contribution in [0, 0.1) is 6.92 Å². The molecule has 1 N–H and O–H groups in total. The van der Waals surface area contributed by atoms with E-state index in [1.807, 2.05) is 54.0 Å². The van der Waals surface area contributed by atoms with Crippen LogP contribution in [-0.2, 0) is 6.54 Å². The van der Waals surface area contributed by atoms with Crippen molar-refractivity contribution in [1.82, 2.24) is 9.55 Å². The highest BCUT2D eigenvalue weighted by molar-refractivity contribution is 6.30. The number of carbonyl (C=O) groups is 1. The van der Waals surface area contributed by atoms with E-state index in [9.17, 15) is 9.59 Å². The number of hydrogen-bond acceptors (Lipinski definition) is 3. The van der Waals surface area contributed by atoms with Gasteiger partial charge < -0.3 is 9.88 Å². The van der Waals surface area contributed by atoms with E-state index in [1.165, 1.54) is 6.07 Å². The number of hydrogen-bond donors (Lipinski definition) is 1. The van der Waals surface area contributed by atoms with Gasteiger partial charge in [-0.05, 0) is 48.9 Å². The molecule has 0 unspecified atom stereocenters. The summed E-state index contributed by atoms with van der Waals surface area (Å²) >= 11 is 6.03. The van der Waals surface area contributed by atoms with Crippen molar-refractivity contribution in [2.24, 2.45) is 0 Å². The highest BCUT2D eigenvalue weighted by atomic mass is 35.5. The van der Waals surface area contributed by atoms with Crippen molar-refractivity contribution in [2.75, 3.05) is 5.32 Å². The van der Waals surface area contributed by atoms with E-state index in [1.54, 1.807) is 36.7 Å². The molecular formula is C25H20ClN3O2. The van der Waals surface area contributed by atoms with Gasteiger partial charge in [-0.15, -0.1) is 0 Å². The fourth-order valence-corrected chi connectivity index (χ4v) is 3.61. The Morgan fingerprint density at radius 3 is 2.35 bits per heavy atom. The van der Waals surface area contributed by atoms with Crippen molar-refractivity contribution in [3.63, 3.8) is 0 Å². The van der Waals surface area contributed by atoms with Crippen LogP contribution in [0.2, 0.25) is 5.02 Å². The maximum atomic E-state index is 13.2. The molecule has 2 aromatic heterocycles. The Bertz CT molecular complexity index is 1270. The van der Waals surface area contributed by atoms with Crippen molar-refractivity contribution in [3.8, 4) is 11.3 Å². The summed E-state index contributed by atoms with van der Waals surface area (Å²) in [6.45, 7) is 2.34. The molecule has 0 radical (unpaired) electrons. The first-order valence-electron chi connectivity index (χ1n) is 9.78. The summed E-state index contributed by atoms with van der Waals surface area (Å²) < 4.78 is 1.97. The quantitative estimate of drug-likeness (QED) is 0.475. The molecule has 0 spiro atoms. The molecule has 4 rings (SSSR count). The van der Waals surface area contributed by atoms with Gasteiger partial charge in [0.25, 0.3) is 5.91 Å². The average molecular weight is 430 g/mol. The second-order valence-corrected chi connectivity index (χ2v) is 7.58. The first-order chi connectivity index (χ1) is 15.0. The zero-order valence-electron chi connectivity index (χ0n) is 16.9. The minimum atomic E-state index is -0.451. The van der Waals surface area contributed by atoms with Crippen LogP contribution in [0.1, 0.15) is 21.6 Å². The summed E-state index contributed by atoms with van der Waals surface area (Å²) in [7, 11) is 0. The predicted octanol–water partition coefficient (Wildman–Crippen LogP) is 5.17. The zero-order chi connectivity index (χ0) is 21.8. The van der Waals surface area contributed by atoms with Crippen molar-refractivity contribution >= 4 is 23.2 Å². The third-order valence-corrected chi connectivity index (χ3v) is 5.24. The van der Waals surface area contributed by atoms with Gasteiger partial charge in [-0.25, -0.2) is 0 Å². The van der Waals surface area contributed by atoms with E-state index in [-0.39, 0.29) is 11.0 Å². The van der Waals surface area contributed by atoms with Gasteiger partial charge in [0.2, 0.25) is 0 Å². The summed E-state index contributed by atoms with van der Waals surface area (Å²) in [5, 5.41) is 3.49. The average Bonchev–Trinajstić information content (AvgIpc) is 2.78. The molecule has 2 aromatic carbocycles. The number of amides is 1.